The fourth-order valence-electron chi connectivity index (χ4n) is 16.6. The van der Waals surface area contributed by atoms with Gasteiger partial charge in [0.1, 0.15) is 5.89 Å². The van der Waals surface area contributed by atoms with Gasteiger partial charge in [-0.1, -0.05) is 168 Å². The maximum absolute atomic E-state index is 14.7. The van der Waals surface area contributed by atoms with E-state index in [0.29, 0.717) is 15.7 Å². The van der Waals surface area contributed by atoms with Gasteiger partial charge in [-0.2, -0.15) is 104 Å². The normalized spacial score (nSPS) is 14.8. The fraction of sp³-hybridized carbons (Fsp3) is 0.111. The average molecular weight is 1990 g/mol. The van der Waals surface area contributed by atoms with E-state index in [1.807, 2.05) is 200 Å². The summed E-state index contributed by atoms with van der Waals surface area (Å²) in [6.45, 7) is 17.1. The van der Waals surface area contributed by atoms with Gasteiger partial charge >= 0.3 is 58.4 Å². The van der Waals surface area contributed by atoms with Crippen molar-refractivity contribution in [2.45, 2.75) is 36.1 Å². The molecule has 2 fully saturated rings. The number of hydrogen-bond donors (Lipinski definition) is 0. The number of hydrogen-bond acceptors (Lipinski definition) is 13. The summed E-state index contributed by atoms with van der Waals surface area (Å²) in [6, 6.07) is 125. The maximum Gasteiger partial charge on any atom is 3.00 e. The molecule has 18 aromatic rings. The Bertz CT molecular complexity index is 6940. The Morgan fingerprint density at radius 3 is 1.55 bits per heavy atom. The van der Waals surface area contributed by atoms with Gasteiger partial charge in [-0.25, -0.2) is 8.42 Å². The first kappa shape index (κ1) is 91.4. The summed E-state index contributed by atoms with van der Waals surface area (Å²) in [5.74, 6) is 1.57. The van der Waals surface area contributed by atoms with Gasteiger partial charge in [-0.3, -0.25) is 14.6 Å². The van der Waals surface area contributed by atoms with Crippen LogP contribution >= 0.6 is 7.14 Å². The van der Waals surface area contributed by atoms with E-state index in [9.17, 15) is 13.0 Å². The maximum atomic E-state index is 14.7. The Morgan fingerprint density at radius 2 is 0.961 bits per heavy atom. The summed E-state index contributed by atoms with van der Waals surface area (Å²) in [4.78, 5) is 22.0. The van der Waals surface area contributed by atoms with Crippen LogP contribution < -0.4 is 35.5 Å². The monoisotopic (exact) mass is 1990 g/mol. The minimum Gasteiger partial charge on any atom is -0.528 e. The van der Waals surface area contributed by atoms with E-state index >= 15 is 0 Å². The number of fused-ring (bicyclic) bond motifs is 10. The number of imidazole rings is 1. The predicted octanol–water partition coefficient (Wildman–Crippen LogP) is 21.9. The number of likely N-dealkylation sites (N-methyl/N-ethyl adjacent to an activating group) is 2. The zero-order valence-corrected chi connectivity index (χ0v) is 78.5. The molecule has 0 radical (unpaired) electrons. The van der Waals surface area contributed by atoms with Crippen LogP contribution in [0.2, 0.25) is 0 Å². The van der Waals surface area contributed by atoms with Crippen molar-refractivity contribution in [1.29, 1.82) is 0 Å². The van der Waals surface area contributed by atoms with E-state index in [1.165, 1.54) is 44.3 Å². The number of anilines is 5. The topological polar surface area (TPSA) is 137 Å². The molecule has 1 unspecified atom stereocenters. The van der Waals surface area contributed by atoms with E-state index in [0.717, 1.165) is 126 Å². The van der Waals surface area contributed by atoms with E-state index in [1.54, 1.807) is 47.7 Å². The Labute approximate surface area is 794 Å². The Hall–Kier alpha value is -12.3. The third-order valence-electron chi connectivity index (χ3n) is 22.8. The molecular weight excluding hydrogens is 1900 g/mol. The number of rotatable bonds is 10. The molecule has 0 saturated carbocycles. The first-order valence-electron chi connectivity index (χ1n) is 41.8. The van der Waals surface area contributed by atoms with Crippen LogP contribution in [0.5, 0.6) is 0 Å². The molecule has 0 spiro atoms. The standard InChI is InChI=1S/C30H27N3.C28H23N2OP.C22H18N2O2S.C10H9N2.C9H7N2.C9H6NO.3Rh/c1-30(2,3)33-26-10-6-5-9-24(26)25-18-15-22(19-29(25)33)21-13-16-23(17-14-21)32-20-31(4)27-11-7-8-12-28(27)32;1-29-17-18-30(20-29)23-14-11-21(12-15-23)22-13-16-26-25-9-5-6-10-27(25)32(31,28(26)19-22)24-7-3-2-4-8-24;1-23-12-13-24(15-23)18-9-6-16(7-10-18)17-8-11-20-19-4-2-3-5-21(19)27(25,26)22(20)14-17;1-12-8-7-11-10(12)9-5-3-2-4-6-9;1-2-5-9(6-3-1)11-8-4-7-10-11;1-2-4-8(5-3-1)9-10-6-7-11-9;;;/h5-16,18-20H,1-4H3;2-14,16,19-20H,17-18H2,1H3;2-9,11,14-15H,12-13H2,1H3;2-5,7-8H,1H3;1-5,7-8H;1-4,6-7H;;;/q3*-2;3*-1;3*+3. The molecule has 0 aliphatic carbocycles. The number of aromatic nitrogens is 6. The zero-order valence-electron chi connectivity index (χ0n) is 71.9. The summed E-state index contributed by atoms with van der Waals surface area (Å²) < 4.78 is 51.8. The molecule has 5 aliphatic heterocycles. The van der Waals surface area contributed by atoms with Gasteiger partial charge in [0.25, 0.3) is 0 Å². The molecule has 1 atom stereocenters. The van der Waals surface area contributed by atoms with Crippen molar-refractivity contribution in [3.63, 3.8) is 0 Å². The summed E-state index contributed by atoms with van der Waals surface area (Å²) in [5, 5.41) is 9.44. The molecule has 129 heavy (non-hydrogen) atoms. The molecule has 4 aromatic heterocycles. The molecule has 2 saturated heterocycles. The minimum absolute atomic E-state index is 0. The minimum atomic E-state index is -3.45. The van der Waals surface area contributed by atoms with E-state index in [4.69, 9.17) is 4.42 Å². The molecule has 0 amide bonds. The smallest absolute Gasteiger partial charge is 0.528 e. The summed E-state index contributed by atoms with van der Waals surface area (Å²) >= 11 is 0. The first-order valence-corrected chi connectivity index (χ1v) is 45.0. The molecule has 0 N–H and O–H groups in total. The SMILES string of the molecule is CN1[CH-]N(c2[c-]cc(-c3ccc4c(c3)P(=O)(c3ccccc3)c3ccccc3-4)cc2)CC1.CN1[CH-]N(c2[c-]cc(-c3ccc4c(c3)S(=O)(=O)c3ccccc3-4)cc2)CC1.CN1[CH-]N(c2[c-]cc(-c3ccc4c5ccccc5n(C(C)(C)C)c4c3)cc2)c2ccccc21.Cn1ccnc1-c1[c-]cccc1.[Rh+3].[Rh+3].[Rh+3].[c-]1ccccc1-c1ncco1.[c-]1ccccc1-n1cccn1. The van der Waals surface area contributed by atoms with Gasteiger partial charge in [0.05, 0.1) is 28.1 Å². The molecule has 644 valence electrons. The molecule has 0 bridgehead atoms. The molecule has 5 aliphatic rings. The number of oxazole rings is 1. The number of nitrogens with zero attached hydrogens (tertiary/aromatic N) is 12. The summed E-state index contributed by atoms with van der Waals surface area (Å²) in [7, 11) is 1.83. The second kappa shape index (κ2) is 40.1. The van der Waals surface area contributed by atoms with Crippen molar-refractivity contribution >= 4 is 83.1 Å². The van der Waals surface area contributed by atoms with Crippen LogP contribution in [-0.2, 0) is 85.4 Å². The fourth-order valence-corrected chi connectivity index (χ4v) is 21.4. The van der Waals surface area contributed by atoms with Crippen LogP contribution in [-0.4, -0.2) is 94.4 Å². The molecule has 14 aromatic carbocycles. The van der Waals surface area contributed by atoms with Crippen LogP contribution in [0, 0.1) is 56.4 Å². The van der Waals surface area contributed by atoms with Crippen molar-refractivity contribution in [3.8, 4) is 84.2 Å². The first-order chi connectivity index (χ1) is 61.4. The third-order valence-corrected chi connectivity index (χ3v) is 27.8. The van der Waals surface area contributed by atoms with Crippen molar-refractivity contribution in [1.82, 2.24) is 38.7 Å². The van der Waals surface area contributed by atoms with E-state index in [2.05, 4.69) is 269 Å². The molecular formula is C108H90N12O4PRh3S. The van der Waals surface area contributed by atoms with Crippen molar-refractivity contribution < 1.29 is 75.8 Å². The third kappa shape index (κ3) is 19.2. The molecule has 16 nitrogen and oxygen atoms in total. The van der Waals surface area contributed by atoms with Crippen molar-refractivity contribution in [2.24, 2.45) is 7.05 Å². The van der Waals surface area contributed by atoms with Gasteiger partial charge in [-0.05, 0) is 127 Å². The second-order valence-electron chi connectivity index (χ2n) is 32.2. The molecule has 9 heterocycles. The number of benzene rings is 14. The van der Waals surface area contributed by atoms with Crippen LogP contribution in [0.25, 0.3) is 106 Å². The van der Waals surface area contributed by atoms with E-state index < -0.39 is 17.0 Å². The van der Waals surface area contributed by atoms with E-state index in [-0.39, 0.29) is 64.0 Å². The van der Waals surface area contributed by atoms with Crippen molar-refractivity contribution in [2.75, 3.05) is 66.9 Å². The van der Waals surface area contributed by atoms with Crippen LogP contribution in [0.1, 0.15) is 20.8 Å². The Balaban J connectivity index is 0.000000125. The largest absolute Gasteiger partial charge is 3.00 e. The average Bonchev–Trinajstić information content (AvgIpc) is 1.54. The molecule has 23 rings (SSSR count). The van der Waals surface area contributed by atoms with Crippen LogP contribution in [0.15, 0.2) is 367 Å². The van der Waals surface area contributed by atoms with Crippen molar-refractivity contribution in [3.05, 3.63) is 409 Å². The Morgan fingerprint density at radius 1 is 0.419 bits per heavy atom. The van der Waals surface area contributed by atoms with Crippen LogP contribution in [0.4, 0.5) is 28.4 Å². The predicted molar refractivity (Wildman–Crippen MR) is 510 cm³/mol. The quantitative estimate of drug-likeness (QED) is 0.0730. The van der Waals surface area contributed by atoms with Gasteiger partial charge in [0.15, 0.2) is 7.14 Å². The molecule has 21 heteroatoms. The summed E-state index contributed by atoms with van der Waals surface area (Å²) in [6.07, 6.45) is 10.5. The second-order valence-corrected chi connectivity index (χ2v) is 36.7. The van der Waals surface area contributed by atoms with Crippen LogP contribution in [0.3, 0.4) is 0 Å². The number of aryl methyl sites for hydroxylation is 1. The van der Waals surface area contributed by atoms with Gasteiger partial charge in [0.2, 0.25) is 9.84 Å². The zero-order chi connectivity index (χ0) is 86.5. The number of sulfone groups is 1. The number of para-hydroxylation sites is 4. The van der Waals surface area contributed by atoms with Gasteiger partial charge in [0, 0.05) is 97.6 Å². The van der Waals surface area contributed by atoms with Gasteiger partial charge in [-0.15, -0.1) is 124 Å². The Kier molecular flexibility index (Phi) is 28.5. The summed E-state index contributed by atoms with van der Waals surface area (Å²) in [5.41, 5.74) is 21.0. The van der Waals surface area contributed by atoms with Gasteiger partial charge < -0.3 is 47.5 Å².